The van der Waals surface area contributed by atoms with Crippen LogP contribution in [0.25, 0.3) is 11.3 Å². The number of Topliss-reactive ketones (excluding diaryl/α,β-unsaturated/α-hetero) is 1. The number of hydrogen-bond donors (Lipinski definition) is 1. The van der Waals surface area contributed by atoms with E-state index in [0.717, 1.165) is 17.0 Å². The van der Waals surface area contributed by atoms with Crippen LogP contribution in [0.3, 0.4) is 0 Å². The minimum Gasteiger partial charge on any atom is -0.493 e. The maximum atomic E-state index is 11.8. The van der Waals surface area contributed by atoms with Gasteiger partial charge in [-0.05, 0) is 32.0 Å². The molecule has 0 aliphatic rings. The lowest BCUT2D eigenvalue weighted by Crippen LogP contribution is -1.98. The van der Waals surface area contributed by atoms with Gasteiger partial charge in [-0.3, -0.25) is 4.79 Å². The van der Waals surface area contributed by atoms with Crippen molar-refractivity contribution in [3.63, 3.8) is 0 Å². The van der Waals surface area contributed by atoms with Crippen LogP contribution in [0.4, 0.5) is 5.69 Å². The van der Waals surface area contributed by atoms with E-state index < -0.39 is 0 Å². The fourth-order valence-corrected chi connectivity index (χ4v) is 2.61. The number of benzene rings is 1. The van der Waals surface area contributed by atoms with Crippen molar-refractivity contribution in [2.45, 2.75) is 13.8 Å². The van der Waals surface area contributed by atoms with E-state index in [0.29, 0.717) is 22.7 Å². The van der Waals surface area contributed by atoms with E-state index in [4.69, 9.17) is 15.2 Å². The number of ketones is 1. The monoisotopic (exact) mass is 288 g/mol. The number of carbonyl (C=O) groups is 1. The van der Waals surface area contributed by atoms with Crippen LogP contribution in [0.5, 0.6) is 11.5 Å². The Morgan fingerprint density at radius 2 is 1.81 bits per heavy atom. The highest BCUT2D eigenvalue weighted by Gasteiger charge is 2.21. The summed E-state index contributed by atoms with van der Waals surface area (Å²) in [6.45, 7) is 3.41. The largest absolute Gasteiger partial charge is 0.493 e. The molecule has 0 atom stereocenters. The predicted octanol–water partition coefficient (Wildman–Crippen LogP) is 2.80. The Morgan fingerprint density at radius 1 is 1.19 bits per heavy atom. The first-order valence-electron chi connectivity index (χ1n) is 6.60. The first kappa shape index (κ1) is 15.0. The Hall–Kier alpha value is -2.43. The van der Waals surface area contributed by atoms with Gasteiger partial charge < -0.3 is 19.8 Å². The fourth-order valence-electron chi connectivity index (χ4n) is 2.61. The zero-order chi connectivity index (χ0) is 15.7. The standard InChI is InChI=1S/C16H20N2O3/c1-9-14(10(2)19)15(17)16(18(9)3)11-6-7-12(20-4)13(8-11)21-5/h6-8H,17H2,1-5H3. The molecular weight excluding hydrogens is 268 g/mol. The normalized spacial score (nSPS) is 10.5. The third kappa shape index (κ3) is 2.35. The minimum absolute atomic E-state index is 0.0349. The molecule has 0 bridgehead atoms. The van der Waals surface area contributed by atoms with Crippen LogP contribution in [0, 0.1) is 6.92 Å². The van der Waals surface area contributed by atoms with Gasteiger partial charge in [0.15, 0.2) is 17.3 Å². The predicted molar refractivity (Wildman–Crippen MR) is 83.1 cm³/mol. The van der Waals surface area contributed by atoms with Crippen molar-refractivity contribution in [1.82, 2.24) is 4.57 Å². The second-order valence-electron chi connectivity index (χ2n) is 4.91. The molecule has 2 N–H and O–H groups in total. The average molecular weight is 288 g/mol. The number of anilines is 1. The first-order chi connectivity index (χ1) is 9.92. The van der Waals surface area contributed by atoms with Gasteiger partial charge in [-0.2, -0.15) is 0 Å². The van der Waals surface area contributed by atoms with Gasteiger partial charge in [0.2, 0.25) is 0 Å². The molecular formula is C16H20N2O3. The average Bonchev–Trinajstić information content (AvgIpc) is 2.68. The van der Waals surface area contributed by atoms with E-state index in [1.165, 1.54) is 6.92 Å². The lowest BCUT2D eigenvalue weighted by atomic mass is 10.1. The quantitative estimate of drug-likeness (QED) is 0.878. The summed E-state index contributed by atoms with van der Waals surface area (Å²) in [5.74, 6) is 1.24. The van der Waals surface area contributed by atoms with Crippen molar-refractivity contribution in [3.8, 4) is 22.8 Å². The van der Waals surface area contributed by atoms with Crippen LogP contribution in [0.15, 0.2) is 18.2 Å². The van der Waals surface area contributed by atoms with Crippen molar-refractivity contribution in [2.75, 3.05) is 20.0 Å². The van der Waals surface area contributed by atoms with Gasteiger partial charge in [0, 0.05) is 18.3 Å². The number of rotatable bonds is 4. The van der Waals surface area contributed by atoms with Crippen LogP contribution >= 0.6 is 0 Å². The summed E-state index contributed by atoms with van der Waals surface area (Å²) >= 11 is 0. The Morgan fingerprint density at radius 3 is 2.29 bits per heavy atom. The third-order valence-corrected chi connectivity index (χ3v) is 3.73. The second kappa shape index (κ2) is 5.52. The highest BCUT2D eigenvalue weighted by Crippen LogP contribution is 2.37. The summed E-state index contributed by atoms with van der Waals surface area (Å²) in [4.78, 5) is 11.8. The molecule has 1 aromatic carbocycles. The number of nitrogens with zero attached hydrogens (tertiary/aromatic N) is 1. The van der Waals surface area contributed by atoms with E-state index in [-0.39, 0.29) is 5.78 Å². The van der Waals surface area contributed by atoms with Crippen LogP contribution in [-0.2, 0) is 7.05 Å². The van der Waals surface area contributed by atoms with Gasteiger partial charge >= 0.3 is 0 Å². The molecule has 0 unspecified atom stereocenters. The van der Waals surface area contributed by atoms with Gasteiger partial charge in [-0.15, -0.1) is 0 Å². The van der Waals surface area contributed by atoms with E-state index in [2.05, 4.69) is 0 Å². The minimum atomic E-state index is -0.0349. The molecule has 0 amide bonds. The Kier molecular flexibility index (Phi) is 3.93. The molecule has 0 aliphatic carbocycles. The van der Waals surface area contributed by atoms with E-state index in [1.807, 2.05) is 36.7 Å². The van der Waals surface area contributed by atoms with E-state index >= 15 is 0 Å². The highest BCUT2D eigenvalue weighted by atomic mass is 16.5. The van der Waals surface area contributed by atoms with Crippen molar-refractivity contribution >= 4 is 11.5 Å². The van der Waals surface area contributed by atoms with Crippen molar-refractivity contribution in [3.05, 3.63) is 29.5 Å². The Balaban J connectivity index is 2.68. The Bertz CT molecular complexity index is 702. The smallest absolute Gasteiger partial charge is 0.163 e. The zero-order valence-electron chi connectivity index (χ0n) is 13.0. The van der Waals surface area contributed by atoms with Gasteiger partial charge in [0.05, 0.1) is 31.2 Å². The van der Waals surface area contributed by atoms with Crippen molar-refractivity contribution < 1.29 is 14.3 Å². The van der Waals surface area contributed by atoms with Gasteiger partial charge in [0.25, 0.3) is 0 Å². The van der Waals surface area contributed by atoms with Gasteiger partial charge in [-0.1, -0.05) is 0 Å². The molecule has 21 heavy (non-hydrogen) atoms. The van der Waals surface area contributed by atoms with Crippen LogP contribution in [-0.4, -0.2) is 24.6 Å². The molecule has 0 aliphatic heterocycles. The number of nitrogen functional groups attached to an aromatic ring is 1. The fraction of sp³-hybridized carbons (Fsp3) is 0.312. The molecule has 1 aromatic heterocycles. The zero-order valence-corrected chi connectivity index (χ0v) is 13.0. The summed E-state index contributed by atoms with van der Waals surface area (Å²) in [7, 11) is 5.07. The summed E-state index contributed by atoms with van der Waals surface area (Å²) in [5, 5.41) is 0. The Labute approximate surface area is 124 Å². The molecule has 2 aromatic rings. The van der Waals surface area contributed by atoms with Crippen LogP contribution in [0.2, 0.25) is 0 Å². The summed E-state index contributed by atoms with van der Waals surface area (Å²) < 4.78 is 12.5. The number of carbonyl (C=O) groups excluding carboxylic acids is 1. The molecule has 2 rings (SSSR count). The molecule has 112 valence electrons. The molecule has 0 saturated heterocycles. The van der Waals surface area contributed by atoms with Crippen molar-refractivity contribution in [2.24, 2.45) is 7.05 Å². The highest BCUT2D eigenvalue weighted by molar-refractivity contribution is 6.04. The first-order valence-corrected chi connectivity index (χ1v) is 6.60. The van der Waals surface area contributed by atoms with Crippen LogP contribution in [0.1, 0.15) is 23.0 Å². The molecule has 1 heterocycles. The number of hydrogen-bond acceptors (Lipinski definition) is 4. The number of ether oxygens (including phenoxy) is 2. The number of nitrogens with two attached hydrogens (primary N) is 1. The number of methoxy groups -OCH3 is 2. The molecule has 5 heteroatoms. The van der Waals surface area contributed by atoms with Gasteiger partial charge in [0.1, 0.15) is 0 Å². The van der Waals surface area contributed by atoms with Crippen molar-refractivity contribution in [1.29, 1.82) is 0 Å². The SMILES string of the molecule is COc1ccc(-c2c(N)c(C(C)=O)c(C)n2C)cc1OC. The summed E-state index contributed by atoms with van der Waals surface area (Å²) in [5.41, 5.74) is 9.79. The maximum Gasteiger partial charge on any atom is 0.163 e. The topological polar surface area (TPSA) is 66.5 Å². The van der Waals surface area contributed by atoms with Gasteiger partial charge in [-0.25, -0.2) is 0 Å². The van der Waals surface area contributed by atoms with Crippen LogP contribution < -0.4 is 15.2 Å². The lowest BCUT2D eigenvalue weighted by Gasteiger charge is -2.11. The third-order valence-electron chi connectivity index (χ3n) is 3.73. The molecule has 0 radical (unpaired) electrons. The summed E-state index contributed by atoms with van der Waals surface area (Å²) in [6.07, 6.45) is 0. The molecule has 0 saturated carbocycles. The molecule has 0 fully saturated rings. The van der Waals surface area contributed by atoms with E-state index in [9.17, 15) is 4.79 Å². The van der Waals surface area contributed by atoms with E-state index in [1.54, 1.807) is 14.2 Å². The maximum absolute atomic E-state index is 11.8. The molecule has 5 nitrogen and oxygen atoms in total. The number of aromatic nitrogens is 1. The second-order valence-corrected chi connectivity index (χ2v) is 4.91. The summed E-state index contributed by atoms with van der Waals surface area (Å²) in [6, 6.07) is 5.58. The molecule has 0 spiro atoms. The lowest BCUT2D eigenvalue weighted by molar-refractivity contribution is 0.101.